The molecule has 1 heteroatoms. The molecule has 54 valence electrons. The van der Waals surface area contributed by atoms with E-state index in [1.165, 1.54) is 0 Å². The molecule has 0 radical (unpaired) electrons. The largest absolute Gasteiger partial charge is 0.299 e. The lowest BCUT2D eigenvalue weighted by atomic mass is 9.50. The fourth-order valence-electron chi connectivity index (χ4n) is 2.18. The highest BCUT2D eigenvalue weighted by atomic mass is 16.1. The average molecular weight is 136 g/mol. The number of hydrogen-bond donors (Lipinski definition) is 0. The number of fused-ring (bicyclic) bond motifs is 1. The van der Waals surface area contributed by atoms with E-state index in [4.69, 9.17) is 0 Å². The van der Waals surface area contributed by atoms with E-state index in [1.807, 2.05) is 0 Å². The van der Waals surface area contributed by atoms with Crippen molar-refractivity contribution in [2.45, 2.75) is 20.3 Å². The molecule has 3 rings (SSSR count). The Balaban J connectivity index is 2.38. The number of rotatable bonds is 0. The van der Waals surface area contributed by atoms with Crippen molar-refractivity contribution in [2.75, 3.05) is 0 Å². The number of carbonyl (C=O) groups excluding carboxylic acids is 1. The highest BCUT2D eigenvalue weighted by Gasteiger charge is 2.55. The van der Waals surface area contributed by atoms with Crippen LogP contribution in [-0.2, 0) is 4.79 Å². The van der Waals surface area contributed by atoms with E-state index in [0.29, 0.717) is 11.7 Å². The van der Waals surface area contributed by atoms with Crippen LogP contribution < -0.4 is 0 Å². The van der Waals surface area contributed by atoms with Gasteiger partial charge in [0.1, 0.15) is 5.78 Å². The zero-order valence-corrected chi connectivity index (χ0v) is 6.42. The Labute approximate surface area is 61.1 Å². The normalized spacial score (nSPS) is 41.2. The van der Waals surface area contributed by atoms with Crippen molar-refractivity contribution in [1.29, 1.82) is 0 Å². The summed E-state index contributed by atoms with van der Waals surface area (Å²) in [5.74, 6) is 1.04. The second-order valence-corrected chi connectivity index (χ2v) is 3.92. The summed E-state index contributed by atoms with van der Waals surface area (Å²) in [4.78, 5) is 11.2. The molecule has 3 aliphatic rings. The van der Waals surface area contributed by atoms with Gasteiger partial charge >= 0.3 is 0 Å². The quantitative estimate of drug-likeness (QED) is 0.464. The van der Waals surface area contributed by atoms with Crippen LogP contribution in [0.1, 0.15) is 20.3 Å². The first-order valence-electron chi connectivity index (χ1n) is 3.84. The smallest absolute Gasteiger partial charge is 0.144 e. The lowest BCUT2D eigenvalue weighted by molar-refractivity contribution is -0.149. The van der Waals surface area contributed by atoms with Crippen molar-refractivity contribution in [2.24, 2.45) is 17.3 Å². The third kappa shape index (κ3) is 0.472. The van der Waals surface area contributed by atoms with Gasteiger partial charge in [-0.2, -0.15) is 0 Å². The molecule has 0 aliphatic heterocycles. The fourth-order valence-corrected chi connectivity index (χ4v) is 2.18. The van der Waals surface area contributed by atoms with E-state index in [9.17, 15) is 4.79 Å². The lowest BCUT2D eigenvalue weighted by Gasteiger charge is -2.51. The molecule has 0 amide bonds. The first-order chi connectivity index (χ1) is 4.64. The first kappa shape index (κ1) is 6.14. The van der Waals surface area contributed by atoms with Crippen molar-refractivity contribution in [3.05, 3.63) is 12.2 Å². The highest BCUT2D eigenvalue weighted by Crippen LogP contribution is 2.53. The maximum Gasteiger partial charge on any atom is 0.144 e. The van der Waals surface area contributed by atoms with E-state index < -0.39 is 0 Å². The summed E-state index contributed by atoms with van der Waals surface area (Å²) < 4.78 is 0. The third-order valence-electron chi connectivity index (χ3n) is 3.05. The molecule has 0 aromatic carbocycles. The predicted molar refractivity (Wildman–Crippen MR) is 39.5 cm³/mol. The van der Waals surface area contributed by atoms with E-state index in [2.05, 4.69) is 26.0 Å². The highest BCUT2D eigenvalue weighted by molar-refractivity contribution is 5.94. The molecule has 0 heterocycles. The second-order valence-electron chi connectivity index (χ2n) is 3.92. The molecule has 2 unspecified atom stereocenters. The van der Waals surface area contributed by atoms with Crippen LogP contribution in [0.25, 0.3) is 0 Å². The number of allylic oxidation sites excluding steroid dienone is 2. The van der Waals surface area contributed by atoms with Gasteiger partial charge in [-0.25, -0.2) is 0 Å². The van der Waals surface area contributed by atoms with Crippen molar-refractivity contribution < 1.29 is 4.79 Å². The number of Topliss-reactive ketones (excluding diaryl/α,β-unsaturated/α-hetero) is 1. The molecule has 1 fully saturated rings. The third-order valence-corrected chi connectivity index (χ3v) is 3.05. The van der Waals surface area contributed by atoms with Crippen LogP contribution in [0.15, 0.2) is 12.2 Å². The SMILES string of the molecule is CC1(C)C2C=CCC1C2=O. The Morgan fingerprint density at radius 3 is 2.50 bits per heavy atom. The van der Waals surface area contributed by atoms with Gasteiger partial charge in [0.05, 0.1) is 0 Å². The molecule has 3 aliphatic carbocycles. The van der Waals surface area contributed by atoms with Crippen LogP contribution in [0.3, 0.4) is 0 Å². The van der Waals surface area contributed by atoms with Gasteiger partial charge in [-0.1, -0.05) is 26.0 Å². The van der Waals surface area contributed by atoms with Crippen molar-refractivity contribution >= 4 is 5.78 Å². The molecule has 1 saturated carbocycles. The first-order valence-corrected chi connectivity index (χ1v) is 3.84. The molecule has 10 heavy (non-hydrogen) atoms. The van der Waals surface area contributed by atoms with Crippen LogP contribution in [0, 0.1) is 17.3 Å². The maximum absolute atomic E-state index is 11.2. The van der Waals surface area contributed by atoms with Gasteiger partial charge in [0.2, 0.25) is 0 Å². The topological polar surface area (TPSA) is 17.1 Å². The molecule has 2 bridgehead atoms. The van der Waals surface area contributed by atoms with E-state index in [-0.39, 0.29) is 11.3 Å². The van der Waals surface area contributed by atoms with Crippen molar-refractivity contribution in [3.63, 3.8) is 0 Å². The van der Waals surface area contributed by atoms with E-state index >= 15 is 0 Å². The van der Waals surface area contributed by atoms with Gasteiger partial charge in [-0.3, -0.25) is 4.79 Å². The van der Waals surface area contributed by atoms with E-state index in [1.54, 1.807) is 0 Å². The van der Waals surface area contributed by atoms with Crippen LogP contribution in [0.2, 0.25) is 0 Å². The molecule has 1 nitrogen and oxygen atoms in total. The van der Waals surface area contributed by atoms with Crippen LogP contribution in [0.5, 0.6) is 0 Å². The van der Waals surface area contributed by atoms with Crippen LogP contribution in [0.4, 0.5) is 0 Å². The van der Waals surface area contributed by atoms with E-state index in [0.717, 1.165) is 6.42 Å². The molecule has 0 aromatic rings. The molecule has 0 N–H and O–H groups in total. The molecule has 0 aromatic heterocycles. The monoisotopic (exact) mass is 136 g/mol. The summed E-state index contributed by atoms with van der Waals surface area (Å²) in [6, 6.07) is 0. The predicted octanol–water partition coefficient (Wildman–Crippen LogP) is 1.79. The summed E-state index contributed by atoms with van der Waals surface area (Å²) in [6.45, 7) is 4.38. The number of carbonyl (C=O) groups is 1. The lowest BCUT2D eigenvalue weighted by Crippen LogP contribution is -2.54. The van der Waals surface area contributed by atoms with Gasteiger partial charge in [0.25, 0.3) is 0 Å². The minimum absolute atomic E-state index is 0.242. The minimum atomic E-state index is 0.242. The van der Waals surface area contributed by atoms with Crippen molar-refractivity contribution in [3.8, 4) is 0 Å². The summed E-state index contributed by atoms with van der Waals surface area (Å²) in [7, 11) is 0. The number of ketones is 1. The Hall–Kier alpha value is -0.590. The molecule has 0 spiro atoms. The van der Waals surface area contributed by atoms with Gasteiger partial charge in [0.15, 0.2) is 0 Å². The summed E-state index contributed by atoms with van der Waals surface area (Å²) in [6.07, 6.45) is 5.19. The average Bonchev–Trinajstić information content (AvgIpc) is 1.88. The standard InChI is InChI=1S/C9H12O/c1-9(2)6-4-3-5-7(9)8(6)10/h3-4,6-7H,5H2,1-2H3. The van der Waals surface area contributed by atoms with Gasteiger partial charge in [-0.15, -0.1) is 0 Å². The zero-order chi connectivity index (χ0) is 7.35. The summed E-state index contributed by atoms with van der Waals surface area (Å²) in [5, 5.41) is 0. The number of hydrogen-bond acceptors (Lipinski definition) is 1. The van der Waals surface area contributed by atoms with Crippen LogP contribution in [-0.4, -0.2) is 5.78 Å². The van der Waals surface area contributed by atoms with Gasteiger partial charge < -0.3 is 0 Å². The van der Waals surface area contributed by atoms with Crippen LogP contribution >= 0.6 is 0 Å². The fraction of sp³-hybridized carbons (Fsp3) is 0.667. The Kier molecular flexibility index (Phi) is 0.936. The summed E-state index contributed by atoms with van der Waals surface area (Å²) >= 11 is 0. The summed E-state index contributed by atoms with van der Waals surface area (Å²) in [5.41, 5.74) is 0.270. The molecule has 2 atom stereocenters. The Bertz CT molecular complexity index is 213. The Morgan fingerprint density at radius 1 is 1.60 bits per heavy atom. The maximum atomic E-state index is 11.2. The van der Waals surface area contributed by atoms with Gasteiger partial charge in [-0.05, 0) is 11.8 Å². The molecule has 0 saturated heterocycles. The Morgan fingerprint density at radius 2 is 2.30 bits per heavy atom. The zero-order valence-electron chi connectivity index (χ0n) is 6.42. The molecular weight excluding hydrogens is 124 g/mol. The van der Waals surface area contributed by atoms with Crippen molar-refractivity contribution in [1.82, 2.24) is 0 Å². The minimum Gasteiger partial charge on any atom is -0.299 e. The second kappa shape index (κ2) is 1.52. The molecular formula is C9H12O. The van der Waals surface area contributed by atoms with Gasteiger partial charge in [0, 0.05) is 11.8 Å².